The van der Waals surface area contributed by atoms with E-state index in [4.69, 9.17) is 16.3 Å². The molecule has 0 amide bonds. The minimum atomic E-state index is -3.83. The summed E-state index contributed by atoms with van der Waals surface area (Å²) in [5, 5.41) is 1.44. The van der Waals surface area contributed by atoms with Gasteiger partial charge in [-0.15, -0.1) is 17.9 Å². The van der Waals surface area contributed by atoms with Gasteiger partial charge in [-0.05, 0) is 37.5 Å². The Balaban J connectivity index is 2.23. The van der Waals surface area contributed by atoms with Gasteiger partial charge in [0.1, 0.15) is 5.25 Å². The quantitative estimate of drug-likeness (QED) is 0.503. The predicted octanol–water partition coefficient (Wildman–Crippen LogP) is 4.19. The molecule has 0 radical (unpaired) electrons. The molecule has 6 nitrogen and oxygen atoms in total. The van der Waals surface area contributed by atoms with Crippen LogP contribution in [0.25, 0.3) is 0 Å². The smallest absolute Gasteiger partial charge is 0.311 e. The lowest BCUT2D eigenvalue weighted by atomic mass is 10.0. The number of carbonyl (C=O) groups is 1. The standard InChI is InChI=1S/C18H21ClN2O4S2/c1-5-15(13-7-11(3)17(19)12(4)8-13)27(23,24)21-18-20-14(10-26-18)9-16(22)25-6-2/h5,7-8,10,15H,1,6,9H2,2-4H3,(H,20,21). The van der Waals surface area contributed by atoms with Gasteiger partial charge < -0.3 is 4.74 Å². The Bertz CT molecular complexity index is 931. The number of carbonyl (C=O) groups excluding carboxylic acids is 1. The lowest BCUT2D eigenvalue weighted by Crippen LogP contribution is -2.20. The maximum absolute atomic E-state index is 12.8. The van der Waals surface area contributed by atoms with Gasteiger partial charge in [-0.2, -0.15) is 0 Å². The van der Waals surface area contributed by atoms with Gasteiger partial charge in [0.2, 0.25) is 10.0 Å². The molecule has 1 heterocycles. The van der Waals surface area contributed by atoms with Gasteiger partial charge in [0, 0.05) is 10.4 Å². The molecule has 27 heavy (non-hydrogen) atoms. The first-order chi connectivity index (χ1) is 12.7. The van der Waals surface area contributed by atoms with E-state index < -0.39 is 21.2 Å². The van der Waals surface area contributed by atoms with Gasteiger partial charge in [-0.1, -0.05) is 29.8 Å². The molecule has 0 aliphatic rings. The van der Waals surface area contributed by atoms with E-state index in [2.05, 4.69) is 16.3 Å². The monoisotopic (exact) mass is 428 g/mol. The first-order valence-electron chi connectivity index (χ1n) is 8.18. The Morgan fingerprint density at radius 1 is 1.41 bits per heavy atom. The van der Waals surface area contributed by atoms with Crippen molar-refractivity contribution in [3.63, 3.8) is 0 Å². The molecule has 0 saturated heterocycles. The fourth-order valence-corrected chi connectivity index (χ4v) is 4.93. The van der Waals surface area contributed by atoms with Gasteiger partial charge in [-0.3, -0.25) is 9.52 Å². The number of esters is 1. The summed E-state index contributed by atoms with van der Waals surface area (Å²) in [7, 11) is -3.83. The molecular weight excluding hydrogens is 408 g/mol. The number of rotatable bonds is 8. The van der Waals surface area contributed by atoms with Crippen LogP contribution >= 0.6 is 22.9 Å². The van der Waals surface area contributed by atoms with Gasteiger partial charge >= 0.3 is 5.97 Å². The fraction of sp³-hybridized carbons (Fsp3) is 0.333. The van der Waals surface area contributed by atoms with Crippen molar-refractivity contribution in [2.45, 2.75) is 32.4 Å². The van der Waals surface area contributed by atoms with E-state index in [1.54, 1.807) is 24.4 Å². The highest BCUT2D eigenvalue weighted by atomic mass is 35.5. The predicted molar refractivity (Wildman–Crippen MR) is 109 cm³/mol. The van der Waals surface area contributed by atoms with E-state index >= 15 is 0 Å². The number of halogens is 1. The lowest BCUT2D eigenvalue weighted by Gasteiger charge is -2.16. The summed E-state index contributed by atoms with van der Waals surface area (Å²) in [4.78, 5) is 15.7. The van der Waals surface area contributed by atoms with Crippen molar-refractivity contribution in [2.24, 2.45) is 0 Å². The SMILES string of the molecule is C=CC(c1cc(C)c(Cl)c(C)c1)S(=O)(=O)Nc1nc(CC(=O)OCC)cs1. The molecule has 2 aromatic rings. The molecule has 0 aliphatic carbocycles. The molecule has 9 heteroatoms. The van der Waals surface area contributed by atoms with Crippen molar-refractivity contribution < 1.29 is 17.9 Å². The number of hydrogen-bond acceptors (Lipinski definition) is 6. The van der Waals surface area contributed by atoms with Crippen molar-refractivity contribution >= 4 is 44.1 Å². The molecular formula is C18H21ClN2O4S2. The Morgan fingerprint density at radius 2 is 2.04 bits per heavy atom. The van der Waals surface area contributed by atoms with E-state index in [-0.39, 0.29) is 18.2 Å². The van der Waals surface area contributed by atoms with E-state index in [9.17, 15) is 13.2 Å². The summed E-state index contributed by atoms with van der Waals surface area (Å²) in [6.07, 6.45) is 1.35. The Labute approximate surface area is 168 Å². The van der Waals surface area contributed by atoms with Crippen LogP contribution in [0.3, 0.4) is 0 Å². The Morgan fingerprint density at radius 3 is 2.59 bits per heavy atom. The third-order valence-electron chi connectivity index (χ3n) is 3.75. The highest BCUT2D eigenvalue weighted by molar-refractivity contribution is 7.93. The number of benzene rings is 1. The van der Waals surface area contributed by atoms with Crippen LogP contribution in [0.4, 0.5) is 5.13 Å². The first-order valence-corrected chi connectivity index (χ1v) is 11.0. The summed E-state index contributed by atoms with van der Waals surface area (Å²) >= 11 is 7.27. The molecule has 1 N–H and O–H groups in total. The maximum atomic E-state index is 12.8. The molecule has 146 valence electrons. The zero-order chi connectivity index (χ0) is 20.2. The van der Waals surface area contributed by atoms with Gasteiger partial charge in [0.15, 0.2) is 5.13 Å². The van der Waals surface area contributed by atoms with Gasteiger partial charge in [-0.25, -0.2) is 13.4 Å². The lowest BCUT2D eigenvalue weighted by molar-refractivity contribution is -0.142. The molecule has 0 spiro atoms. The molecule has 0 fully saturated rings. The van der Waals surface area contributed by atoms with Crippen LogP contribution in [0.5, 0.6) is 0 Å². The molecule has 1 aromatic heterocycles. The minimum Gasteiger partial charge on any atom is -0.466 e. The van der Waals surface area contributed by atoms with Crippen molar-refractivity contribution in [2.75, 3.05) is 11.3 Å². The van der Waals surface area contributed by atoms with E-state index in [0.717, 1.165) is 22.5 Å². The number of aromatic nitrogens is 1. The maximum Gasteiger partial charge on any atom is 0.311 e. The number of anilines is 1. The minimum absolute atomic E-state index is 0.00741. The van der Waals surface area contributed by atoms with E-state index in [0.29, 0.717) is 16.3 Å². The van der Waals surface area contributed by atoms with Crippen molar-refractivity contribution in [3.8, 4) is 0 Å². The van der Waals surface area contributed by atoms with Crippen LogP contribution in [0.2, 0.25) is 5.02 Å². The van der Waals surface area contributed by atoms with Gasteiger partial charge in [0.05, 0.1) is 18.7 Å². The molecule has 0 saturated carbocycles. The number of sulfonamides is 1. The zero-order valence-electron chi connectivity index (χ0n) is 15.3. The average Bonchev–Trinajstić information content (AvgIpc) is 2.99. The third kappa shape index (κ3) is 5.31. The number of hydrogen-bond donors (Lipinski definition) is 1. The van der Waals surface area contributed by atoms with Crippen LogP contribution in [-0.2, 0) is 26.0 Å². The summed E-state index contributed by atoms with van der Waals surface area (Å²) in [6, 6.07) is 3.46. The summed E-state index contributed by atoms with van der Waals surface area (Å²) in [5.41, 5.74) is 2.60. The highest BCUT2D eigenvalue weighted by Gasteiger charge is 2.26. The van der Waals surface area contributed by atoms with Crippen LogP contribution < -0.4 is 4.72 Å². The van der Waals surface area contributed by atoms with Crippen molar-refractivity contribution in [1.29, 1.82) is 0 Å². The number of ether oxygens (including phenoxy) is 1. The van der Waals surface area contributed by atoms with Crippen LogP contribution in [0.1, 0.15) is 34.6 Å². The Hall–Kier alpha value is -1.90. The fourth-order valence-electron chi connectivity index (χ4n) is 2.57. The third-order valence-corrected chi connectivity index (χ3v) is 6.89. The van der Waals surface area contributed by atoms with Crippen LogP contribution in [-0.4, -0.2) is 26.0 Å². The first kappa shape index (κ1) is 21.4. The average molecular weight is 429 g/mol. The summed E-state index contributed by atoms with van der Waals surface area (Å²) in [5.74, 6) is -0.409. The number of thiazole rings is 1. The van der Waals surface area contributed by atoms with Crippen LogP contribution in [0.15, 0.2) is 30.2 Å². The molecule has 1 aromatic carbocycles. The second-order valence-electron chi connectivity index (χ2n) is 5.90. The van der Waals surface area contributed by atoms with Gasteiger partial charge in [0.25, 0.3) is 0 Å². The van der Waals surface area contributed by atoms with Crippen LogP contribution in [0, 0.1) is 13.8 Å². The topological polar surface area (TPSA) is 85.4 Å². The summed E-state index contributed by atoms with van der Waals surface area (Å²) < 4.78 is 33.0. The number of aryl methyl sites for hydroxylation is 2. The zero-order valence-corrected chi connectivity index (χ0v) is 17.7. The Kier molecular flexibility index (Phi) is 7.02. The molecule has 1 atom stereocenters. The number of nitrogens with zero attached hydrogens (tertiary/aromatic N) is 1. The molecule has 0 bridgehead atoms. The largest absolute Gasteiger partial charge is 0.466 e. The van der Waals surface area contributed by atoms with E-state index in [1.807, 2.05) is 13.8 Å². The molecule has 1 unspecified atom stereocenters. The van der Waals surface area contributed by atoms with Crippen molar-refractivity contribution in [3.05, 3.63) is 57.6 Å². The number of nitrogens with one attached hydrogen (secondary N) is 1. The van der Waals surface area contributed by atoms with E-state index in [1.165, 1.54) is 6.08 Å². The highest BCUT2D eigenvalue weighted by Crippen LogP contribution is 2.31. The molecule has 0 aliphatic heterocycles. The van der Waals surface area contributed by atoms with Crippen molar-refractivity contribution in [1.82, 2.24) is 4.98 Å². The normalized spacial score (nSPS) is 12.4. The molecule has 2 rings (SSSR count). The second kappa shape index (κ2) is 8.86. The second-order valence-corrected chi connectivity index (χ2v) is 8.94. The summed E-state index contributed by atoms with van der Waals surface area (Å²) in [6.45, 7) is 9.30.